The maximum atomic E-state index is 13.1. The van der Waals surface area contributed by atoms with Gasteiger partial charge in [-0.1, -0.05) is 11.6 Å². The average molecular weight is 247 g/mol. The van der Waals surface area contributed by atoms with Gasteiger partial charge in [0, 0.05) is 6.07 Å². The summed E-state index contributed by atoms with van der Waals surface area (Å²) < 4.78 is 17.9. The van der Waals surface area contributed by atoms with E-state index >= 15 is 0 Å². The number of benzene rings is 1. The molecule has 16 heavy (non-hydrogen) atoms. The van der Waals surface area contributed by atoms with Gasteiger partial charge in [0.2, 0.25) is 0 Å². The standard InChI is InChI=1S/C10H8ClFO4/c1-5(13)6-2-7(11)8(12)3-9(6)16-4-10(14)15/h2-3H,4H2,1H3,(H,14,15). The zero-order valence-corrected chi connectivity index (χ0v) is 9.05. The Morgan fingerprint density at radius 2 is 2.12 bits per heavy atom. The lowest BCUT2D eigenvalue weighted by Gasteiger charge is -2.08. The fourth-order valence-electron chi connectivity index (χ4n) is 1.06. The highest BCUT2D eigenvalue weighted by atomic mass is 35.5. The van der Waals surface area contributed by atoms with E-state index in [9.17, 15) is 14.0 Å². The Balaban J connectivity index is 3.09. The van der Waals surface area contributed by atoms with Crippen LogP contribution in [0.4, 0.5) is 4.39 Å². The molecule has 1 aromatic rings. The first-order chi connectivity index (χ1) is 7.41. The molecule has 1 aromatic carbocycles. The van der Waals surface area contributed by atoms with E-state index in [1.54, 1.807) is 0 Å². The molecule has 0 amide bonds. The van der Waals surface area contributed by atoms with Crippen LogP contribution in [-0.2, 0) is 4.79 Å². The lowest BCUT2D eigenvalue weighted by Crippen LogP contribution is -2.11. The second-order valence-corrected chi connectivity index (χ2v) is 3.41. The molecule has 0 aliphatic carbocycles. The minimum atomic E-state index is -1.22. The van der Waals surface area contributed by atoms with Gasteiger partial charge in [0.1, 0.15) is 11.6 Å². The van der Waals surface area contributed by atoms with Crippen molar-refractivity contribution in [3.05, 3.63) is 28.5 Å². The Labute approximate surface area is 95.6 Å². The van der Waals surface area contributed by atoms with Gasteiger partial charge in [0.25, 0.3) is 0 Å². The Morgan fingerprint density at radius 3 is 2.62 bits per heavy atom. The van der Waals surface area contributed by atoms with Gasteiger partial charge < -0.3 is 9.84 Å². The van der Waals surface area contributed by atoms with E-state index in [0.717, 1.165) is 12.1 Å². The molecule has 0 heterocycles. The number of carbonyl (C=O) groups is 2. The van der Waals surface area contributed by atoms with Crippen LogP contribution in [0.5, 0.6) is 5.75 Å². The van der Waals surface area contributed by atoms with Crippen molar-refractivity contribution < 1.29 is 23.8 Å². The lowest BCUT2D eigenvalue weighted by atomic mass is 10.1. The molecule has 6 heteroatoms. The maximum Gasteiger partial charge on any atom is 0.341 e. The summed E-state index contributed by atoms with van der Waals surface area (Å²) in [6.07, 6.45) is 0. The number of ether oxygens (including phenoxy) is 1. The summed E-state index contributed by atoms with van der Waals surface area (Å²) in [6.45, 7) is 0.596. The molecule has 0 saturated carbocycles. The van der Waals surface area contributed by atoms with Crippen LogP contribution in [0, 0.1) is 5.82 Å². The van der Waals surface area contributed by atoms with Gasteiger partial charge in [-0.3, -0.25) is 4.79 Å². The minimum Gasteiger partial charge on any atom is -0.481 e. The third kappa shape index (κ3) is 2.93. The number of carbonyl (C=O) groups excluding carboxylic acids is 1. The van der Waals surface area contributed by atoms with Crippen molar-refractivity contribution in [1.29, 1.82) is 0 Å². The Kier molecular flexibility index (Phi) is 3.84. The highest BCUT2D eigenvalue weighted by Gasteiger charge is 2.14. The predicted octanol–water partition coefficient (Wildman–Crippen LogP) is 2.15. The number of hydrogen-bond acceptors (Lipinski definition) is 3. The number of carboxylic acids is 1. The van der Waals surface area contributed by atoms with Crippen LogP contribution in [0.3, 0.4) is 0 Å². The van der Waals surface area contributed by atoms with Crippen molar-refractivity contribution in [2.45, 2.75) is 6.92 Å². The number of rotatable bonds is 4. The number of ketones is 1. The van der Waals surface area contributed by atoms with E-state index in [1.807, 2.05) is 0 Å². The summed E-state index contributed by atoms with van der Waals surface area (Å²) >= 11 is 5.49. The molecule has 1 rings (SSSR count). The van der Waals surface area contributed by atoms with Crippen molar-refractivity contribution in [3.8, 4) is 5.75 Å². The SMILES string of the molecule is CC(=O)c1cc(Cl)c(F)cc1OCC(=O)O. The van der Waals surface area contributed by atoms with E-state index in [4.69, 9.17) is 21.4 Å². The molecule has 0 bridgehead atoms. The van der Waals surface area contributed by atoms with Crippen LogP contribution in [0.25, 0.3) is 0 Å². The van der Waals surface area contributed by atoms with E-state index in [0.29, 0.717) is 0 Å². The molecule has 0 unspecified atom stereocenters. The third-order valence-electron chi connectivity index (χ3n) is 1.75. The van der Waals surface area contributed by atoms with Crippen LogP contribution in [0.15, 0.2) is 12.1 Å². The van der Waals surface area contributed by atoms with E-state index < -0.39 is 18.4 Å². The predicted molar refractivity (Wildman–Crippen MR) is 54.5 cm³/mol. The Hall–Kier alpha value is -1.62. The summed E-state index contributed by atoms with van der Waals surface area (Å²) in [4.78, 5) is 21.4. The summed E-state index contributed by atoms with van der Waals surface area (Å²) in [7, 11) is 0. The normalized spacial score (nSPS) is 9.94. The number of aliphatic carboxylic acids is 1. The molecule has 0 aromatic heterocycles. The monoisotopic (exact) mass is 246 g/mol. The molecule has 1 N–H and O–H groups in total. The molecule has 0 radical (unpaired) electrons. The molecule has 0 saturated heterocycles. The summed E-state index contributed by atoms with van der Waals surface area (Å²) in [6, 6.07) is 2.00. The first kappa shape index (κ1) is 12.4. The van der Waals surface area contributed by atoms with Gasteiger partial charge in [0.15, 0.2) is 12.4 Å². The van der Waals surface area contributed by atoms with Gasteiger partial charge in [-0.05, 0) is 13.0 Å². The molecule has 86 valence electrons. The topological polar surface area (TPSA) is 63.6 Å². The fraction of sp³-hybridized carbons (Fsp3) is 0.200. The van der Waals surface area contributed by atoms with Gasteiger partial charge >= 0.3 is 5.97 Å². The molecular weight excluding hydrogens is 239 g/mol. The van der Waals surface area contributed by atoms with Crippen molar-refractivity contribution in [1.82, 2.24) is 0 Å². The summed E-state index contributed by atoms with van der Waals surface area (Å²) in [5, 5.41) is 8.18. The molecular formula is C10H8ClFO4. The van der Waals surface area contributed by atoms with Crippen LogP contribution in [0.1, 0.15) is 17.3 Å². The smallest absolute Gasteiger partial charge is 0.341 e. The van der Waals surface area contributed by atoms with Crippen LogP contribution >= 0.6 is 11.6 Å². The van der Waals surface area contributed by atoms with Crippen molar-refractivity contribution in [3.63, 3.8) is 0 Å². The zero-order valence-electron chi connectivity index (χ0n) is 8.29. The van der Waals surface area contributed by atoms with Gasteiger partial charge in [-0.2, -0.15) is 0 Å². The Morgan fingerprint density at radius 1 is 1.50 bits per heavy atom. The van der Waals surface area contributed by atoms with Gasteiger partial charge in [-0.15, -0.1) is 0 Å². The summed E-state index contributed by atoms with van der Waals surface area (Å²) in [5.74, 6) is -2.50. The second-order valence-electron chi connectivity index (χ2n) is 3.00. The number of carboxylic acid groups (broad SMARTS) is 1. The first-order valence-electron chi connectivity index (χ1n) is 4.26. The fourth-order valence-corrected chi connectivity index (χ4v) is 1.23. The van der Waals surface area contributed by atoms with E-state index in [-0.39, 0.29) is 22.1 Å². The molecule has 0 fully saturated rings. The Bertz CT molecular complexity index is 445. The second kappa shape index (κ2) is 4.94. The van der Waals surface area contributed by atoms with Crippen LogP contribution < -0.4 is 4.74 Å². The van der Waals surface area contributed by atoms with Crippen LogP contribution in [-0.4, -0.2) is 23.5 Å². The zero-order chi connectivity index (χ0) is 12.3. The van der Waals surface area contributed by atoms with Crippen molar-refractivity contribution >= 4 is 23.4 Å². The van der Waals surface area contributed by atoms with E-state index in [2.05, 4.69) is 0 Å². The minimum absolute atomic E-state index is 0.0488. The lowest BCUT2D eigenvalue weighted by molar-refractivity contribution is -0.139. The highest BCUT2D eigenvalue weighted by Crippen LogP contribution is 2.26. The highest BCUT2D eigenvalue weighted by molar-refractivity contribution is 6.31. The maximum absolute atomic E-state index is 13.1. The number of halogens is 2. The third-order valence-corrected chi connectivity index (χ3v) is 2.04. The molecule has 0 spiro atoms. The molecule has 4 nitrogen and oxygen atoms in total. The first-order valence-corrected chi connectivity index (χ1v) is 4.64. The van der Waals surface area contributed by atoms with Gasteiger partial charge in [0.05, 0.1) is 10.6 Å². The van der Waals surface area contributed by atoms with Crippen LogP contribution in [0.2, 0.25) is 5.02 Å². The van der Waals surface area contributed by atoms with Gasteiger partial charge in [-0.25, -0.2) is 9.18 Å². The molecule has 0 aliphatic heterocycles. The largest absolute Gasteiger partial charge is 0.481 e. The molecule has 0 atom stereocenters. The van der Waals surface area contributed by atoms with Crippen molar-refractivity contribution in [2.75, 3.05) is 6.61 Å². The average Bonchev–Trinajstić information content (AvgIpc) is 2.18. The quantitative estimate of drug-likeness (QED) is 0.827. The van der Waals surface area contributed by atoms with E-state index in [1.165, 1.54) is 6.92 Å². The number of Topliss-reactive ketones (excluding diaryl/α,β-unsaturated/α-hetero) is 1. The molecule has 0 aliphatic rings. The van der Waals surface area contributed by atoms with Crippen molar-refractivity contribution in [2.24, 2.45) is 0 Å². The summed E-state index contributed by atoms with van der Waals surface area (Å²) in [5.41, 5.74) is 0.0488. The number of hydrogen-bond donors (Lipinski definition) is 1.